The molecule has 0 saturated carbocycles. The Morgan fingerprint density at radius 3 is 2.64 bits per heavy atom. The van der Waals surface area contributed by atoms with Gasteiger partial charge in [0.05, 0.1) is 12.3 Å². The molecule has 1 rings (SSSR count). The summed E-state index contributed by atoms with van der Waals surface area (Å²) in [5, 5.41) is 11.1. The number of hydrogen-bond donors (Lipinski definition) is 2. The van der Waals surface area contributed by atoms with Gasteiger partial charge in [-0.3, -0.25) is 5.32 Å². The molecule has 2 nitrogen and oxygen atoms in total. The van der Waals surface area contributed by atoms with Gasteiger partial charge in [-0.2, -0.15) is 13.2 Å². The summed E-state index contributed by atoms with van der Waals surface area (Å²) in [5.41, 5.74) is -0.585. The number of alkyl halides is 3. The van der Waals surface area contributed by atoms with E-state index in [1.807, 2.05) is 0 Å². The maximum atomic E-state index is 12.1. The van der Waals surface area contributed by atoms with Crippen LogP contribution in [0.5, 0.6) is 0 Å². The van der Waals surface area contributed by atoms with Crippen molar-refractivity contribution >= 4 is 0 Å². The highest BCUT2D eigenvalue weighted by Gasteiger charge is 2.32. The van der Waals surface area contributed by atoms with Gasteiger partial charge >= 0.3 is 6.18 Å². The van der Waals surface area contributed by atoms with Crippen LogP contribution >= 0.6 is 0 Å². The normalized spacial score (nSPS) is 22.3. The molecule has 1 unspecified atom stereocenters. The molecule has 0 heterocycles. The van der Waals surface area contributed by atoms with Crippen molar-refractivity contribution in [2.24, 2.45) is 5.92 Å². The molecule has 0 aromatic rings. The molecule has 0 radical (unpaired) electrons. The molecule has 0 aromatic heterocycles. The van der Waals surface area contributed by atoms with Gasteiger partial charge in [0.1, 0.15) is 0 Å². The molecule has 0 fully saturated rings. The van der Waals surface area contributed by atoms with Crippen molar-refractivity contribution < 1.29 is 18.3 Å². The number of aliphatic hydroxyl groups excluding tert-OH is 1. The molecule has 0 saturated heterocycles. The van der Waals surface area contributed by atoms with Gasteiger partial charge in [-0.15, -0.1) is 0 Å². The molecule has 80 valence electrons. The predicted molar refractivity (Wildman–Crippen MR) is 46.5 cm³/mol. The quantitative estimate of drug-likeness (QED) is 0.689. The first-order valence-corrected chi connectivity index (χ1v) is 4.31. The second-order valence-electron chi connectivity index (χ2n) is 3.12. The minimum Gasteiger partial charge on any atom is -0.381 e. The largest absolute Gasteiger partial charge is 0.416 e. The zero-order chi connectivity index (χ0) is 10.6. The van der Waals surface area contributed by atoms with Gasteiger partial charge in [-0.1, -0.05) is 18.2 Å². The Morgan fingerprint density at radius 2 is 2.21 bits per heavy atom. The smallest absolute Gasteiger partial charge is 0.381 e. The van der Waals surface area contributed by atoms with E-state index in [2.05, 4.69) is 5.32 Å². The second-order valence-corrected chi connectivity index (χ2v) is 3.12. The Morgan fingerprint density at radius 1 is 1.50 bits per heavy atom. The fourth-order valence-corrected chi connectivity index (χ4v) is 1.28. The molecular weight excluding hydrogens is 195 g/mol. The summed E-state index contributed by atoms with van der Waals surface area (Å²) in [6.07, 6.45) is -0.0906. The lowest BCUT2D eigenvalue weighted by atomic mass is 9.96. The number of allylic oxidation sites excluding steroid dienone is 3. The lowest BCUT2D eigenvalue weighted by molar-refractivity contribution is -0.0887. The van der Waals surface area contributed by atoms with Crippen molar-refractivity contribution in [3.05, 3.63) is 23.8 Å². The maximum Gasteiger partial charge on any atom is 0.416 e. The van der Waals surface area contributed by atoms with Crippen molar-refractivity contribution in [1.82, 2.24) is 5.32 Å². The van der Waals surface area contributed by atoms with Gasteiger partial charge in [0.25, 0.3) is 0 Å². The van der Waals surface area contributed by atoms with E-state index in [0.717, 1.165) is 6.08 Å². The molecule has 5 heteroatoms. The van der Waals surface area contributed by atoms with Crippen LogP contribution in [-0.4, -0.2) is 24.6 Å². The third kappa shape index (κ3) is 3.16. The Balaban J connectivity index is 2.45. The molecule has 1 aliphatic carbocycles. The molecule has 2 N–H and O–H groups in total. The molecule has 14 heavy (non-hydrogen) atoms. The summed E-state index contributed by atoms with van der Waals surface area (Å²) >= 11 is 0. The van der Waals surface area contributed by atoms with Gasteiger partial charge < -0.3 is 5.11 Å². The predicted octanol–water partition coefficient (Wildman–Crippen LogP) is 1.59. The third-order valence-corrected chi connectivity index (χ3v) is 2.03. The van der Waals surface area contributed by atoms with Gasteiger partial charge in [-0.05, 0) is 12.3 Å². The average Bonchev–Trinajstić information content (AvgIpc) is 2.14. The summed E-state index contributed by atoms with van der Waals surface area (Å²) in [7, 11) is 0. The minimum atomic E-state index is -4.24. The number of hydrogen-bond acceptors (Lipinski definition) is 2. The molecular formula is C9H12F3NO. The molecule has 0 spiro atoms. The summed E-state index contributed by atoms with van der Waals surface area (Å²) < 4.78 is 36.4. The third-order valence-electron chi connectivity index (χ3n) is 2.03. The standard InChI is InChI=1S/C9H12F3NO/c10-9(11,12)8-3-1-7(2-4-8)5-13-6-14/h1,3-4,7,13-14H,2,5-6H2. The lowest BCUT2D eigenvalue weighted by Gasteiger charge is -2.17. The van der Waals surface area contributed by atoms with Gasteiger partial charge in [0.15, 0.2) is 0 Å². The van der Waals surface area contributed by atoms with Crippen LogP contribution in [0.2, 0.25) is 0 Å². The lowest BCUT2D eigenvalue weighted by Crippen LogP contribution is -2.24. The van der Waals surface area contributed by atoms with Gasteiger partial charge in [-0.25, -0.2) is 0 Å². The molecule has 0 aromatic carbocycles. The topological polar surface area (TPSA) is 32.3 Å². The van der Waals surface area contributed by atoms with Gasteiger partial charge in [0, 0.05) is 6.54 Å². The van der Waals surface area contributed by atoms with Gasteiger partial charge in [0.2, 0.25) is 0 Å². The summed E-state index contributed by atoms with van der Waals surface area (Å²) in [4.78, 5) is 0. The van der Waals surface area contributed by atoms with E-state index in [9.17, 15) is 13.2 Å². The van der Waals surface area contributed by atoms with Crippen molar-refractivity contribution in [3.63, 3.8) is 0 Å². The van der Waals surface area contributed by atoms with E-state index in [-0.39, 0.29) is 12.6 Å². The van der Waals surface area contributed by atoms with Crippen LogP contribution in [0.25, 0.3) is 0 Å². The van der Waals surface area contributed by atoms with E-state index in [1.54, 1.807) is 0 Å². The highest BCUT2D eigenvalue weighted by atomic mass is 19.4. The molecule has 1 atom stereocenters. The van der Waals surface area contributed by atoms with E-state index in [1.165, 1.54) is 12.2 Å². The summed E-state index contributed by atoms with van der Waals surface area (Å²) in [5.74, 6) is 0.0354. The number of nitrogens with one attached hydrogen (secondary N) is 1. The first-order chi connectivity index (χ1) is 6.54. The fourth-order valence-electron chi connectivity index (χ4n) is 1.28. The van der Waals surface area contributed by atoms with Crippen LogP contribution in [0.3, 0.4) is 0 Å². The van der Waals surface area contributed by atoms with Crippen LogP contribution in [-0.2, 0) is 0 Å². The van der Waals surface area contributed by atoms with Crippen LogP contribution in [0, 0.1) is 5.92 Å². The SMILES string of the molecule is OCNCC1C=CC(C(F)(F)F)=CC1. The second kappa shape index (κ2) is 4.61. The van der Waals surface area contributed by atoms with Crippen molar-refractivity contribution in [2.45, 2.75) is 12.6 Å². The average molecular weight is 207 g/mol. The van der Waals surface area contributed by atoms with Crippen molar-refractivity contribution in [2.75, 3.05) is 13.3 Å². The zero-order valence-electron chi connectivity index (χ0n) is 7.51. The van der Waals surface area contributed by atoms with E-state index < -0.39 is 11.7 Å². The highest BCUT2D eigenvalue weighted by molar-refractivity contribution is 5.27. The number of rotatable bonds is 3. The molecule has 0 aliphatic heterocycles. The Hall–Kier alpha value is -0.810. The first-order valence-electron chi connectivity index (χ1n) is 4.31. The number of halogens is 3. The highest BCUT2D eigenvalue weighted by Crippen LogP contribution is 2.30. The number of aliphatic hydroxyl groups is 1. The monoisotopic (exact) mass is 207 g/mol. The van der Waals surface area contributed by atoms with E-state index in [0.29, 0.717) is 13.0 Å². The van der Waals surface area contributed by atoms with Crippen molar-refractivity contribution in [3.8, 4) is 0 Å². The van der Waals surface area contributed by atoms with Crippen LogP contribution < -0.4 is 5.32 Å². The fraction of sp³-hybridized carbons (Fsp3) is 0.556. The Kier molecular flexibility index (Phi) is 3.71. The minimum absolute atomic E-state index is 0.0354. The van der Waals surface area contributed by atoms with E-state index in [4.69, 9.17) is 5.11 Å². The van der Waals surface area contributed by atoms with Crippen LogP contribution in [0.15, 0.2) is 23.8 Å². The zero-order valence-corrected chi connectivity index (χ0v) is 7.51. The Bertz CT molecular complexity index is 245. The molecule has 1 aliphatic rings. The summed E-state index contributed by atoms with van der Waals surface area (Å²) in [6, 6.07) is 0. The van der Waals surface area contributed by atoms with E-state index >= 15 is 0 Å². The molecule has 0 amide bonds. The first kappa shape index (κ1) is 11.3. The Labute approximate surface area is 80.1 Å². The van der Waals surface area contributed by atoms with Crippen molar-refractivity contribution in [1.29, 1.82) is 0 Å². The maximum absolute atomic E-state index is 12.1. The van der Waals surface area contributed by atoms with Crippen LogP contribution in [0.1, 0.15) is 6.42 Å². The summed E-state index contributed by atoms with van der Waals surface area (Å²) in [6.45, 7) is 0.342. The van der Waals surface area contributed by atoms with Crippen LogP contribution in [0.4, 0.5) is 13.2 Å². The molecule has 0 bridgehead atoms.